The Morgan fingerprint density at radius 1 is 1.36 bits per heavy atom. The minimum atomic E-state index is -0.950. The molecule has 0 radical (unpaired) electrons. The summed E-state index contributed by atoms with van der Waals surface area (Å²) in [5.74, 6) is 0.0398. The molecule has 2 aromatic rings. The SMILES string of the molecule is O=C(O)N1CC(C(c2ccccc2)n2cc([N+](=O)[O-])cn2)C1. The van der Waals surface area contributed by atoms with Crippen molar-refractivity contribution in [2.24, 2.45) is 5.92 Å². The second-order valence-corrected chi connectivity index (χ2v) is 5.24. The molecule has 1 amide bonds. The van der Waals surface area contributed by atoms with Gasteiger partial charge in [0, 0.05) is 19.0 Å². The third-order valence-electron chi connectivity index (χ3n) is 3.85. The number of benzene rings is 1. The van der Waals surface area contributed by atoms with Crippen molar-refractivity contribution in [1.29, 1.82) is 0 Å². The van der Waals surface area contributed by atoms with Gasteiger partial charge in [-0.3, -0.25) is 14.8 Å². The molecule has 1 saturated heterocycles. The first kappa shape index (κ1) is 14.1. The van der Waals surface area contributed by atoms with Crippen LogP contribution < -0.4 is 0 Å². The molecule has 8 nitrogen and oxygen atoms in total. The Balaban J connectivity index is 1.90. The zero-order chi connectivity index (χ0) is 15.7. The number of hydrogen-bond donors (Lipinski definition) is 1. The second-order valence-electron chi connectivity index (χ2n) is 5.24. The van der Waals surface area contributed by atoms with Crippen molar-refractivity contribution in [3.8, 4) is 0 Å². The lowest BCUT2D eigenvalue weighted by molar-refractivity contribution is -0.385. The fourth-order valence-electron chi connectivity index (χ4n) is 2.73. The van der Waals surface area contributed by atoms with Crippen LogP contribution >= 0.6 is 0 Å². The van der Waals surface area contributed by atoms with Gasteiger partial charge in [0.05, 0.1) is 11.0 Å². The average Bonchev–Trinajstić information content (AvgIpc) is 2.92. The molecule has 0 saturated carbocycles. The van der Waals surface area contributed by atoms with Gasteiger partial charge in [-0.25, -0.2) is 4.79 Å². The highest BCUT2D eigenvalue weighted by molar-refractivity contribution is 5.66. The van der Waals surface area contributed by atoms with Gasteiger partial charge in [0.1, 0.15) is 12.4 Å². The molecule has 22 heavy (non-hydrogen) atoms. The first-order valence-electron chi connectivity index (χ1n) is 6.77. The van der Waals surface area contributed by atoms with E-state index in [1.807, 2.05) is 30.3 Å². The highest BCUT2D eigenvalue weighted by Crippen LogP contribution is 2.33. The van der Waals surface area contributed by atoms with Crippen LogP contribution in [0.2, 0.25) is 0 Å². The molecule has 0 bridgehead atoms. The Morgan fingerprint density at radius 3 is 2.59 bits per heavy atom. The number of hydrogen-bond acceptors (Lipinski definition) is 4. The van der Waals surface area contributed by atoms with E-state index in [0.29, 0.717) is 13.1 Å². The molecule has 1 aromatic carbocycles. The maximum atomic E-state index is 10.9. The van der Waals surface area contributed by atoms with Gasteiger partial charge in [-0.2, -0.15) is 5.10 Å². The number of likely N-dealkylation sites (tertiary alicyclic amines) is 1. The highest BCUT2D eigenvalue weighted by atomic mass is 16.6. The third kappa shape index (κ3) is 2.50. The molecule has 2 heterocycles. The monoisotopic (exact) mass is 302 g/mol. The second kappa shape index (κ2) is 5.47. The minimum absolute atomic E-state index is 0.0398. The smallest absolute Gasteiger partial charge is 0.407 e. The number of carbonyl (C=O) groups is 1. The number of nitrogens with zero attached hydrogens (tertiary/aromatic N) is 4. The molecule has 0 spiro atoms. The fourth-order valence-corrected chi connectivity index (χ4v) is 2.73. The van der Waals surface area contributed by atoms with E-state index in [-0.39, 0.29) is 17.6 Å². The van der Waals surface area contributed by atoms with E-state index < -0.39 is 11.0 Å². The lowest BCUT2D eigenvalue weighted by atomic mass is 9.87. The molecular weight excluding hydrogens is 288 g/mol. The van der Waals surface area contributed by atoms with Crippen molar-refractivity contribution in [3.05, 3.63) is 58.4 Å². The molecule has 1 aliphatic rings. The zero-order valence-corrected chi connectivity index (χ0v) is 11.6. The van der Waals surface area contributed by atoms with Crippen molar-refractivity contribution in [1.82, 2.24) is 14.7 Å². The van der Waals surface area contributed by atoms with Gasteiger partial charge in [0.25, 0.3) is 0 Å². The molecule has 0 aliphatic carbocycles. The largest absolute Gasteiger partial charge is 0.465 e. The van der Waals surface area contributed by atoms with Gasteiger partial charge in [-0.1, -0.05) is 30.3 Å². The van der Waals surface area contributed by atoms with Gasteiger partial charge in [-0.05, 0) is 5.56 Å². The molecule has 3 rings (SSSR count). The van der Waals surface area contributed by atoms with Crippen LogP contribution in [-0.4, -0.2) is 43.9 Å². The Bertz CT molecular complexity index is 694. The fraction of sp³-hybridized carbons (Fsp3) is 0.286. The van der Waals surface area contributed by atoms with E-state index in [2.05, 4.69) is 5.10 Å². The summed E-state index contributed by atoms with van der Waals surface area (Å²) >= 11 is 0. The molecule has 8 heteroatoms. The molecule has 1 atom stereocenters. The van der Waals surface area contributed by atoms with Crippen LogP contribution in [0.5, 0.6) is 0 Å². The van der Waals surface area contributed by atoms with Gasteiger partial charge in [0.2, 0.25) is 0 Å². The van der Waals surface area contributed by atoms with E-state index in [1.54, 1.807) is 4.68 Å². The summed E-state index contributed by atoms with van der Waals surface area (Å²) in [6.07, 6.45) is 1.65. The number of carboxylic acid groups (broad SMARTS) is 1. The van der Waals surface area contributed by atoms with Crippen LogP contribution in [-0.2, 0) is 0 Å². The molecule has 1 N–H and O–H groups in total. The summed E-state index contributed by atoms with van der Waals surface area (Å²) in [6, 6.07) is 9.27. The van der Waals surface area contributed by atoms with Crippen LogP contribution in [0.15, 0.2) is 42.7 Å². The molecule has 1 fully saturated rings. The lowest BCUT2D eigenvalue weighted by Gasteiger charge is -2.41. The van der Waals surface area contributed by atoms with Gasteiger partial charge in [0.15, 0.2) is 0 Å². The summed E-state index contributed by atoms with van der Waals surface area (Å²) in [7, 11) is 0. The summed E-state index contributed by atoms with van der Waals surface area (Å²) in [6.45, 7) is 0.783. The maximum Gasteiger partial charge on any atom is 0.407 e. The predicted octanol–water partition coefficient (Wildman–Crippen LogP) is 1.99. The predicted molar refractivity (Wildman–Crippen MR) is 76.6 cm³/mol. The Hall–Kier alpha value is -2.90. The first-order valence-corrected chi connectivity index (χ1v) is 6.77. The van der Waals surface area contributed by atoms with Crippen LogP contribution in [0.4, 0.5) is 10.5 Å². The van der Waals surface area contributed by atoms with Crippen LogP contribution in [0.1, 0.15) is 11.6 Å². The standard InChI is InChI=1S/C14H14N4O4/c19-14(20)16-7-11(8-16)13(10-4-2-1-3-5-10)17-9-12(6-15-17)18(21)22/h1-6,9,11,13H,7-8H2,(H,19,20). The normalized spacial score (nSPS) is 16.1. The van der Waals surface area contributed by atoms with Crippen LogP contribution in [0, 0.1) is 16.0 Å². The lowest BCUT2D eigenvalue weighted by Crippen LogP contribution is -2.52. The third-order valence-corrected chi connectivity index (χ3v) is 3.85. The van der Waals surface area contributed by atoms with E-state index >= 15 is 0 Å². The maximum absolute atomic E-state index is 10.9. The summed E-state index contributed by atoms with van der Waals surface area (Å²) in [5.41, 5.74) is 0.880. The zero-order valence-electron chi connectivity index (χ0n) is 11.6. The molecule has 1 aliphatic heterocycles. The Kier molecular flexibility index (Phi) is 3.50. The van der Waals surface area contributed by atoms with Crippen LogP contribution in [0.3, 0.4) is 0 Å². The summed E-state index contributed by atoms with van der Waals surface area (Å²) in [4.78, 5) is 22.6. The highest BCUT2D eigenvalue weighted by Gasteiger charge is 2.38. The average molecular weight is 302 g/mol. The van der Waals surface area contributed by atoms with Crippen molar-refractivity contribution < 1.29 is 14.8 Å². The van der Waals surface area contributed by atoms with Crippen molar-refractivity contribution in [2.75, 3.05) is 13.1 Å². The topological polar surface area (TPSA) is 102 Å². The Morgan fingerprint density at radius 2 is 2.05 bits per heavy atom. The summed E-state index contributed by atoms with van der Waals surface area (Å²) in [5, 5.41) is 23.9. The van der Waals surface area contributed by atoms with Crippen LogP contribution in [0.25, 0.3) is 0 Å². The van der Waals surface area contributed by atoms with Crippen molar-refractivity contribution >= 4 is 11.8 Å². The van der Waals surface area contributed by atoms with Gasteiger partial charge >= 0.3 is 11.8 Å². The van der Waals surface area contributed by atoms with E-state index in [9.17, 15) is 14.9 Å². The molecular formula is C14H14N4O4. The number of aromatic nitrogens is 2. The quantitative estimate of drug-likeness (QED) is 0.687. The molecule has 114 valence electrons. The van der Waals surface area contributed by atoms with Gasteiger partial charge in [-0.15, -0.1) is 0 Å². The number of amides is 1. The molecule has 1 aromatic heterocycles. The number of rotatable bonds is 4. The van der Waals surface area contributed by atoms with E-state index in [0.717, 1.165) is 5.56 Å². The number of nitro groups is 1. The van der Waals surface area contributed by atoms with Gasteiger partial charge < -0.3 is 10.0 Å². The van der Waals surface area contributed by atoms with E-state index in [1.165, 1.54) is 17.3 Å². The molecule has 1 unspecified atom stereocenters. The minimum Gasteiger partial charge on any atom is -0.465 e. The van der Waals surface area contributed by atoms with Crippen molar-refractivity contribution in [2.45, 2.75) is 6.04 Å². The van der Waals surface area contributed by atoms with E-state index in [4.69, 9.17) is 5.11 Å². The Labute approximate surface area is 125 Å². The first-order chi connectivity index (χ1) is 10.6. The van der Waals surface area contributed by atoms with Crippen molar-refractivity contribution in [3.63, 3.8) is 0 Å². The summed E-state index contributed by atoms with van der Waals surface area (Å²) < 4.78 is 1.55.